The van der Waals surface area contributed by atoms with Gasteiger partial charge in [0, 0.05) is 35.4 Å². The number of carbonyl (C=O) groups excluding carboxylic acids is 1. The number of ketones is 1. The van der Waals surface area contributed by atoms with E-state index in [1.807, 2.05) is 6.92 Å². The SMILES string of the molecule is COc1cc(CO)cc(NC(C(=O)C(C=N)=C(N)c2ccc(F)cc2)c2ccc(C)nc2)c1. The van der Waals surface area contributed by atoms with Crippen molar-refractivity contribution in [3.8, 4) is 5.75 Å². The van der Waals surface area contributed by atoms with Gasteiger partial charge in [0.05, 0.1) is 25.0 Å². The molecule has 3 rings (SSSR count). The van der Waals surface area contributed by atoms with Crippen LogP contribution in [0.4, 0.5) is 10.1 Å². The number of aromatic nitrogens is 1. The first kappa shape index (κ1) is 23.6. The Morgan fingerprint density at radius 3 is 2.55 bits per heavy atom. The molecule has 170 valence electrons. The van der Waals surface area contributed by atoms with Crippen molar-refractivity contribution in [2.24, 2.45) is 5.73 Å². The first-order chi connectivity index (χ1) is 15.9. The molecule has 7 nitrogen and oxygen atoms in total. The van der Waals surface area contributed by atoms with Crippen LogP contribution in [0.3, 0.4) is 0 Å². The van der Waals surface area contributed by atoms with Gasteiger partial charge in [-0.25, -0.2) is 4.39 Å². The molecule has 0 aliphatic carbocycles. The average Bonchev–Trinajstić information content (AvgIpc) is 2.83. The summed E-state index contributed by atoms with van der Waals surface area (Å²) in [5, 5.41) is 20.6. The van der Waals surface area contributed by atoms with Crippen molar-refractivity contribution in [2.45, 2.75) is 19.6 Å². The Labute approximate surface area is 191 Å². The Bertz CT molecular complexity index is 1150. The third-order valence-electron chi connectivity index (χ3n) is 5.08. The zero-order valence-electron chi connectivity index (χ0n) is 18.3. The van der Waals surface area contributed by atoms with Gasteiger partial charge in [-0.15, -0.1) is 0 Å². The normalized spacial score (nSPS) is 12.5. The Morgan fingerprint density at radius 2 is 1.97 bits per heavy atom. The first-order valence-electron chi connectivity index (χ1n) is 10.1. The molecule has 33 heavy (non-hydrogen) atoms. The number of benzene rings is 2. The summed E-state index contributed by atoms with van der Waals surface area (Å²) < 4.78 is 18.6. The second kappa shape index (κ2) is 10.5. The molecule has 0 saturated carbocycles. The van der Waals surface area contributed by atoms with E-state index in [2.05, 4.69) is 10.3 Å². The molecule has 1 atom stereocenters. The van der Waals surface area contributed by atoms with Crippen molar-refractivity contribution in [3.05, 3.63) is 94.6 Å². The number of aryl methyl sites for hydroxylation is 1. The highest BCUT2D eigenvalue weighted by molar-refractivity contribution is 6.20. The minimum absolute atomic E-state index is 0.0371. The predicted octanol–water partition coefficient (Wildman–Crippen LogP) is 3.77. The predicted molar refractivity (Wildman–Crippen MR) is 126 cm³/mol. The molecule has 0 aliphatic rings. The minimum Gasteiger partial charge on any atom is -0.497 e. The fourth-order valence-corrected chi connectivity index (χ4v) is 3.29. The van der Waals surface area contributed by atoms with Gasteiger partial charge in [0.25, 0.3) is 0 Å². The summed E-state index contributed by atoms with van der Waals surface area (Å²) >= 11 is 0. The molecular formula is C25H25FN4O3. The van der Waals surface area contributed by atoms with Crippen LogP contribution < -0.4 is 15.8 Å². The largest absolute Gasteiger partial charge is 0.497 e. The number of methoxy groups -OCH3 is 1. The van der Waals surface area contributed by atoms with Crippen molar-refractivity contribution in [2.75, 3.05) is 12.4 Å². The maximum Gasteiger partial charge on any atom is 0.193 e. The van der Waals surface area contributed by atoms with E-state index in [-0.39, 0.29) is 17.9 Å². The van der Waals surface area contributed by atoms with Crippen molar-refractivity contribution in [1.29, 1.82) is 5.41 Å². The maximum atomic E-state index is 13.6. The average molecular weight is 448 g/mol. The van der Waals surface area contributed by atoms with E-state index in [0.717, 1.165) is 11.9 Å². The molecule has 3 aromatic rings. The molecule has 8 heteroatoms. The van der Waals surface area contributed by atoms with Crippen LogP contribution in [-0.4, -0.2) is 29.2 Å². The van der Waals surface area contributed by atoms with Gasteiger partial charge < -0.3 is 26.3 Å². The van der Waals surface area contributed by atoms with Crippen molar-refractivity contribution in [1.82, 2.24) is 4.98 Å². The van der Waals surface area contributed by atoms with Crippen LogP contribution in [0, 0.1) is 18.2 Å². The number of nitrogens with one attached hydrogen (secondary N) is 2. The summed E-state index contributed by atoms with van der Waals surface area (Å²) in [7, 11) is 1.51. The van der Waals surface area contributed by atoms with E-state index in [1.165, 1.54) is 31.4 Å². The van der Waals surface area contributed by atoms with E-state index in [4.69, 9.17) is 15.9 Å². The molecule has 0 bridgehead atoms. The summed E-state index contributed by atoms with van der Waals surface area (Å²) in [6.07, 6.45) is 2.47. The van der Waals surface area contributed by atoms with Gasteiger partial charge in [-0.2, -0.15) is 0 Å². The fraction of sp³-hybridized carbons (Fsp3) is 0.160. The molecule has 1 heterocycles. The Balaban J connectivity index is 2.08. The third kappa shape index (κ3) is 5.61. The van der Waals surface area contributed by atoms with Gasteiger partial charge in [0.2, 0.25) is 0 Å². The number of pyridine rings is 1. The second-order valence-corrected chi connectivity index (χ2v) is 7.38. The topological polar surface area (TPSA) is 121 Å². The zero-order chi connectivity index (χ0) is 24.0. The van der Waals surface area contributed by atoms with E-state index in [1.54, 1.807) is 36.5 Å². The molecule has 5 N–H and O–H groups in total. The lowest BCUT2D eigenvalue weighted by molar-refractivity contribution is -0.115. The molecular weight excluding hydrogens is 423 g/mol. The number of rotatable bonds is 9. The van der Waals surface area contributed by atoms with Crippen LogP contribution in [0.25, 0.3) is 5.70 Å². The van der Waals surface area contributed by atoms with Gasteiger partial charge in [0.15, 0.2) is 5.78 Å². The molecule has 1 aromatic heterocycles. The van der Waals surface area contributed by atoms with E-state index in [0.29, 0.717) is 28.1 Å². The van der Waals surface area contributed by atoms with Crippen molar-refractivity contribution >= 4 is 23.4 Å². The second-order valence-electron chi connectivity index (χ2n) is 7.38. The quantitative estimate of drug-likeness (QED) is 0.292. The summed E-state index contributed by atoms with van der Waals surface area (Å²) in [5.74, 6) is -0.394. The molecule has 0 fully saturated rings. The van der Waals surface area contributed by atoms with Gasteiger partial charge in [0.1, 0.15) is 17.6 Å². The lowest BCUT2D eigenvalue weighted by atomic mass is 9.95. The number of halogens is 1. The highest BCUT2D eigenvalue weighted by Crippen LogP contribution is 2.28. The van der Waals surface area contributed by atoms with Gasteiger partial charge in [-0.05, 0) is 60.5 Å². The Morgan fingerprint density at radius 1 is 1.24 bits per heavy atom. The molecule has 0 radical (unpaired) electrons. The van der Waals surface area contributed by atoms with E-state index in [9.17, 15) is 14.3 Å². The van der Waals surface area contributed by atoms with Crippen LogP contribution in [0.1, 0.15) is 28.4 Å². The number of ether oxygens (including phenoxy) is 1. The maximum absolute atomic E-state index is 13.6. The lowest BCUT2D eigenvalue weighted by Gasteiger charge is -2.21. The smallest absolute Gasteiger partial charge is 0.193 e. The summed E-state index contributed by atoms with van der Waals surface area (Å²) in [6, 6.07) is 13.1. The molecule has 0 aliphatic heterocycles. The number of nitrogens with zero attached hydrogens (tertiary/aromatic N) is 1. The van der Waals surface area contributed by atoms with Crippen LogP contribution in [0.2, 0.25) is 0 Å². The summed E-state index contributed by atoms with van der Waals surface area (Å²) in [5.41, 5.74) is 9.13. The first-order valence-corrected chi connectivity index (χ1v) is 10.1. The van der Waals surface area contributed by atoms with Crippen LogP contribution in [-0.2, 0) is 11.4 Å². The number of anilines is 1. The Kier molecular flexibility index (Phi) is 7.53. The van der Waals surface area contributed by atoms with Crippen LogP contribution in [0.5, 0.6) is 5.75 Å². The number of Topliss-reactive ketones (excluding diaryl/α,β-unsaturated/α-hetero) is 1. The number of aliphatic hydroxyl groups excluding tert-OH is 1. The third-order valence-corrected chi connectivity index (χ3v) is 5.08. The number of nitrogens with two attached hydrogens (primary N) is 1. The van der Waals surface area contributed by atoms with E-state index >= 15 is 0 Å². The minimum atomic E-state index is -0.938. The van der Waals surface area contributed by atoms with Gasteiger partial charge in [-0.1, -0.05) is 6.07 Å². The summed E-state index contributed by atoms with van der Waals surface area (Å²) in [6.45, 7) is 1.62. The highest BCUT2D eigenvalue weighted by Gasteiger charge is 2.26. The van der Waals surface area contributed by atoms with Crippen LogP contribution in [0.15, 0.2) is 66.4 Å². The van der Waals surface area contributed by atoms with Crippen molar-refractivity contribution in [3.63, 3.8) is 0 Å². The lowest BCUT2D eigenvalue weighted by Crippen LogP contribution is -2.25. The highest BCUT2D eigenvalue weighted by atomic mass is 19.1. The molecule has 0 amide bonds. The summed E-state index contributed by atoms with van der Waals surface area (Å²) in [4.78, 5) is 17.9. The number of hydrogen-bond donors (Lipinski definition) is 4. The standard InChI is InChI=1S/C25H25FN4O3/c1-15-3-4-18(13-29-15)24(30-20-9-16(14-31)10-21(11-20)33-2)25(32)22(12-27)23(28)17-5-7-19(26)8-6-17/h3-13,24,27,30-31H,14,28H2,1-2H3. The van der Waals surface area contributed by atoms with Crippen LogP contribution >= 0.6 is 0 Å². The zero-order valence-corrected chi connectivity index (χ0v) is 18.3. The Hall–Kier alpha value is -4.04. The molecule has 1 unspecified atom stereocenters. The fourth-order valence-electron chi connectivity index (χ4n) is 3.29. The van der Waals surface area contributed by atoms with E-state index < -0.39 is 17.6 Å². The number of carbonyl (C=O) groups is 1. The monoisotopic (exact) mass is 448 g/mol. The van der Waals surface area contributed by atoms with Gasteiger partial charge >= 0.3 is 0 Å². The molecule has 0 spiro atoms. The number of hydrogen-bond acceptors (Lipinski definition) is 7. The van der Waals surface area contributed by atoms with Gasteiger partial charge in [-0.3, -0.25) is 9.78 Å². The molecule has 2 aromatic carbocycles. The van der Waals surface area contributed by atoms with Crippen molar-refractivity contribution < 1.29 is 19.0 Å². The molecule has 0 saturated heterocycles. The number of aliphatic hydroxyl groups is 1.